The molecule has 1 heterocycles. The molecule has 0 saturated carbocycles. The molecule has 0 aliphatic heterocycles. The van der Waals surface area contributed by atoms with Crippen LogP contribution in [0.5, 0.6) is 0 Å². The highest BCUT2D eigenvalue weighted by molar-refractivity contribution is 6.31. The number of carbonyl (C=O) groups excluding carboxylic acids is 1. The first kappa shape index (κ1) is 14.4. The molecule has 5 nitrogen and oxygen atoms in total. The Balaban J connectivity index is 1.98. The van der Waals surface area contributed by atoms with Gasteiger partial charge in [-0.3, -0.25) is 10.1 Å². The number of nitrogens with zero attached hydrogens (tertiary/aromatic N) is 1. The number of aryl methyl sites for hydroxylation is 2. The summed E-state index contributed by atoms with van der Waals surface area (Å²) < 4.78 is 4.94. The van der Waals surface area contributed by atoms with E-state index in [4.69, 9.17) is 16.1 Å². The zero-order chi connectivity index (χ0) is 14.7. The van der Waals surface area contributed by atoms with E-state index < -0.39 is 6.04 Å². The van der Waals surface area contributed by atoms with Gasteiger partial charge in [0.15, 0.2) is 0 Å². The van der Waals surface area contributed by atoms with Crippen LogP contribution in [0.1, 0.15) is 18.2 Å². The third-order valence-electron chi connectivity index (χ3n) is 2.82. The summed E-state index contributed by atoms with van der Waals surface area (Å²) in [4.78, 5) is 12.0. The van der Waals surface area contributed by atoms with Crippen molar-refractivity contribution in [2.24, 2.45) is 0 Å². The first-order valence-electron chi connectivity index (χ1n) is 6.22. The lowest BCUT2D eigenvalue weighted by molar-refractivity contribution is -0.116. The van der Waals surface area contributed by atoms with Crippen LogP contribution < -0.4 is 10.6 Å². The largest absolute Gasteiger partial charge is 0.374 e. The molecule has 0 fully saturated rings. The van der Waals surface area contributed by atoms with E-state index in [-0.39, 0.29) is 5.91 Å². The Labute approximate surface area is 122 Å². The third kappa shape index (κ3) is 3.51. The predicted octanol–water partition coefficient (Wildman–Crippen LogP) is 3.38. The maximum atomic E-state index is 12.0. The molecule has 6 heteroatoms. The molecule has 1 aromatic heterocycles. The SMILES string of the molecule is Cc1cc(NC(=O)C(C)Nc2ccc(C)c(Cl)c2)on1. The molecular formula is C14H16ClN3O2. The fraction of sp³-hybridized carbons (Fsp3) is 0.286. The van der Waals surface area contributed by atoms with E-state index in [2.05, 4.69) is 15.8 Å². The molecule has 0 aliphatic carbocycles. The molecule has 1 unspecified atom stereocenters. The molecule has 1 amide bonds. The summed E-state index contributed by atoms with van der Waals surface area (Å²) in [6, 6.07) is 6.80. The van der Waals surface area contributed by atoms with Crippen molar-refractivity contribution in [2.75, 3.05) is 10.6 Å². The Hall–Kier alpha value is -2.01. The monoisotopic (exact) mass is 293 g/mol. The van der Waals surface area contributed by atoms with E-state index in [0.29, 0.717) is 16.6 Å². The standard InChI is InChI=1S/C14H16ClN3O2/c1-8-4-5-11(7-12(8)15)16-10(3)14(19)17-13-6-9(2)18-20-13/h4-7,10,16H,1-3H3,(H,17,19). The molecular weight excluding hydrogens is 278 g/mol. The van der Waals surface area contributed by atoms with Crippen LogP contribution in [0.3, 0.4) is 0 Å². The van der Waals surface area contributed by atoms with Crippen LogP contribution in [0, 0.1) is 13.8 Å². The molecule has 20 heavy (non-hydrogen) atoms. The van der Waals surface area contributed by atoms with E-state index in [1.54, 1.807) is 26.0 Å². The number of rotatable bonds is 4. The van der Waals surface area contributed by atoms with E-state index >= 15 is 0 Å². The summed E-state index contributed by atoms with van der Waals surface area (Å²) in [6.45, 7) is 5.47. The number of aromatic nitrogens is 1. The lowest BCUT2D eigenvalue weighted by Crippen LogP contribution is -2.31. The van der Waals surface area contributed by atoms with E-state index in [0.717, 1.165) is 11.3 Å². The summed E-state index contributed by atoms with van der Waals surface area (Å²) >= 11 is 6.05. The van der Waals surface area contributed by atoms with Gasteiger partial charge in [0.25, 0.3) is 0 Å². The molecule has 2 aromatic rings. The van der Waals surface area contributed by atoms with Gasteiger partial charge in [-0.1, -0.05) is 22.8 Å². The van der Waals surface area contributed by atoms with Gasteiger partial charge < -0.3 is 9.84 Å². The van der Waals surface area contributed by atoms with E-state index in [1.165, 1.54) is 0 Å². The average Bonchev–Trinajstić information content (AvgIpc) is 2.79. The van der Waals surface area contributed by atoms with Gasteiger partial charge in [-0.15, -0.1) is 0 Å². The smallest absolute Gasteiger partial charge is 0.248 e. The van der Waals surface area contributed by atoms with Gasteiger partial charge in [-0.2, -0.15) is 0 Å². The lowest BCUT2D eigenvalue weighted by Gasteiger charge is -2.14. The molecule has 1 aromatic carbocycles. The van der Waals surface area contributed by atoms with E-state index in [1.807, 2.05) is 19.1 Å². The van der Waals surface area contributed by atoms with Crippen LogP contribution in [0.4, 0.5) is 11.6 Å². The van der Waals surface area contributed by atoms with Crippen LogP contribution >= 0.6 is 11.6 Å². The Morgan fingerprint density at radius 3 is 2.70 bits per heavy atom. The number of benzene rings is 1. The fourth-order valence-electron chi connectivity index (χ4n) is 1.65. The van der Waals surface area contributed by atoms with Crippen LogP contribution in [0.15, 0.2) is 28.8 Å². The van der Waals surface area contributed by atoms with Gasteiger partial charge in [0, 0.05) is 16.8 Å². The minimum atomic E-state index is -0.431. The lowest BCUT2D eigenvalue weighted by atomic mass is 10.2. The zero-order valence-electron chi connectivity index (χ0n) is 11.5. The van der Waals surface area contributed by atoms with Gasteiger partial charge >= 0.3 is 0 Å². The van der Waals surface area contributed by atoms with Crippen molar-refractivity contribution in [2.45, 2.75) is 26.8 Å². The summed E-state index contributed by atoms with van der Waals surface area (Å²) in [5.41, 5.74) is 2.50. The van der Waals surface area contributed by atoms with Gasteiger partial charge in [0.1, 0.15) is 6.04 Å². The van der Waals surface area contributed by atoms with E-state index in [9.17, 15) is 4.79 Å². The number of hydrogen-bond donors (Lipinski definition) is 2. The first-order valence-corrected chi connectivity index (χ1v) is 6.60. The Morgan fingerprint density at radius 2 is 2.10 bits per heavy atom. The molecule has 2 N–H and O–H groups in total. The topological polar surface area (TPSA) is 67.2 Å². The average molecular weight is 294 g/mol. The summed E-state index contributed by atoms with van der Waals surface area (Å²) in [5, 5.41) is 10.1. The predicted molar refractivity (Wildman–Crippen MR) is 79.1 cm³/mol. The number of amides is 1. The summed E-state index contributed by atoms with van der Waals surface area (Å²) in [6.07, 6.45) is 0. The molecule has 0 saturated heterocycles. The second-order valence-electron chi connectivity index (χ2n) is 4.65. The molecule has 0 radical (unpaired) electrons. The van der Waals surface area contributed by atoms with Crippen molar-refractivity contribution in [1.29, 1.82) is 0 Å². The zero-order valence-corrected chi connectivity index (χ0v) is 12.3. The van der Waals surface area contributed by atoms with Crippen LogP contribution in [0.25, 0.3) is 0 Å². The second-order valence-corrected chi connectivity index (χ2v) is 5.06. The number of carbonyl (C=O) groups is 1. The number of anilines is 2. The second kappa shape index (κ2) is 5.96. The van der Waals surface area contributed by atoms with Crippen molar-refractivity contribution >= 4 is 29.1 Å². The van der Waals surface area contributed by atoms with Crippen LogP contribution in [-0.4, -0.2) is 17.1 Å². The van der Waals surface area contributed by atoms with Crippen molar-refractivity contribution in [3.8, 4) is 0 Å². The highest BCUT2D eigenvalue weighted by Gasteiger charge is 2.15. The third-order valence-corrected chi connectivity index (χ3v) is 3.23. The number of hydrogen-bond acceptors (Lipinski definition) is 4. The molecule has 1 atom stereocenters. The van der Waals surface area contributed by atoms with Crippen molar-refractivity contribution < 1.29 is 9.32 Å². The Morgan fingerprint density at radius 1 is 1.35 bits per heavy atom. The summed E-state index contributed by atoms with van der Waals surface area (Å²) in [7, 11) is 0. The van der Waals surface area contributed by atoms with Crippen molar-refractivity contribution in [3.63, 3.8) is 0 Å². The van der Waals surface area contributed by atoms with Gasteiger partial charge in [-0.25, -0.2) is 0 Å². The van der Waals surface area contributed by atoms with Gasteiger partial charge in [0.05, 0.1) is 5.69 Å². The fourth-order valence-corrected chi connectivity index (χ4v) is 1.83. The molecule has 0 spiro atoms. The van der Waals surface area contributed by atoms with Crippen molar-refractivity contribution in [3.05, 3.63) is 40.5 Å². The summed E-state index contributed by atoms with van der Waals surface area (Å²) in [5.74, 6) is 0.126. The van der Waals surface area contributed by atoms with Gasteiger partial charge in [0.2, 0.25) is 11.8 Å². The molecule has 2 rings (SSSR count). The maximum Gasteiger partial charge on any atom is 0.248 e. The minimum Gasteiger partial charge on any atom is -0.374 e. The Kier molecular flexibility index (Phi) is 4.29. The first-order chi connectivity index (χ1) is 9.45. The molecule has 0 aliphatic rings. The number of halogens is 1. The number of nitrogens with one attached hydrogen (secondary N) is 2. The van der Waals surface area contributed by atoms with Crippen LogP contribution in [0.2, 0.25) is 5.02 Å². The minimum absolute atomic E-state index is 0.210. The highest BCUT2D eigenvalue weighted by atomic mass is 35.5. The highest BCUT2D eigenvalue weighted by Crippen LogP contribution is 2.20. The Bertz CT molecular complexity index is 625. The normalized spacial score (nSPS) is 12.0. The van der Waals surface area contributed by atoms with Crippen LogP contribution in [-0.2, 0) is 4.79 Å². The van der Waals surface area contributed by atoms with Crippen molar-refractivity contribution in [1.82, 2.24) is 5.16 Å². The maximum absolute atomic E-state index is 12.0. The molecule has 0 bridgehead atoms. The molecule has 106 valence electrons. The van der Waals surface area contributed by atoms with Gasteiger partial charge in [-0.05, 0) is 38.5 Å². The quantitative estimate of drug-likeness (QED) is 0.907.